The smallest absolute Gasteiger partial charge is 0.191 e. The van der Waals surface area contributed by atoms with Crippen molar-refractivity contribution in [2.45, 2.75) is 39.3 Å². The molecule has 0 bridgehead atoms. The molecule has 0 radical (unpaired) electrons. The van der Waals surface area contributed by atoms with Crippen molar-refractivity contribution in [3.63, 3.8) is 0 Å². The van der Waals surface area contributed by atoms with Crippen molar-refractivity contribution in [1.82, 2.24) is 15.6 Å². The molecule has 0 saturated carbocycles. The van der Waals surface area contributed by atoms with Gasteiger partial charge in [-0.25, -0.2) is 4.98 Å². The first-order valence-corrected chi connectivity index (χ1v) is 7.31. The second kappa shape index (κ2) is 7.45. The molecule has 0 fully saturated rings. The quantitative estimate of drug-likeness (QED) is 0.618. The third kappa shape index (κ3) is 5.57. The van der Waals surface area contributed by atoms with Crippen LogP contribution in [0.15, 0.2) is 10.4 Å². The van der Waals surface area contributed by atoms with E-state index in [0.717, 1.165) is 18.1 Å². The van der Waals surface area contributed by atoms with Gasteiger partial charge in [0.05, 0.1) is 22.8 Å². The van der Waals surface area contributed by atoms with Gasteiger partial charge in [-0.1, -0.05) is 6.92 Å². The van der Waals surface area contributed by atoms with Crippen LogP contribution in [-0.4, -0.2) is 37.2 Å². The Bertz CT molecular complexity index is 415. The molecule has 0 aliphatic heterocycles. The van der Waals surface area contributed by atoms with Crippen LogP contribution >= 0.6 is 11.3 Å². The summed E-state index contributed by atoms with van der Waals surface area (Å²) in [7, 11) is 3.47. The molecule has 19 heavy (non-hydrogen) atoms. The number of aryl methyl sites for hydroxylation is 1. The molecule has 1 rings (SSSR count). The van der Waals surface area contributed by atoms with Gasteiger partial charge in [0.15, 0.2) is 5.96 Å². The molecule has 0 aromatic carbocycles. The summed E-state index contributed by atoms with van der Waals surface area (Å²) in [5.74, 6) is 0.760. The van der Waals surface area contributed by atoms with E-state index >= 15 is 0 Å². The third-order valence-corrected chi connectivity index (χ3v) is 3.84. The molecule has 108 valence electrons. The number of aromatic nitrogens is 1. The zero-order valence-electron chi connectivity index (χ0n) is 12.4. The highest BCUT2D eigenvalue weighted by Gasteiger charge is 2.16. The first kappa shape index (κ1) is 15.9. The second-order valence-corrected chi connectivity index (χ2v) is 5.77. The lowest BCUT2D eigenvalue weighted by Crippen LogP contribution is -2.45. The zero-order chi connectivity index (χ0) is 14.3. The molecule has 0 spiro atoms. The average Bonchev–Trinajstić information content (AvgIpc) is 2.87. The maximum absolute atomic E-state index is 5.36. The Hall–Kier alpha value is -1.14. The summed E-state index contributed by atoms with van der Waals surface area (Å²) in [6, 6.07) is 0. The second-order valence-electron chi connectivity index (χ2n) is 4.83. The lowest BCUT2D eigenvalue weighted by Gasteiger charge is -2.24. The van der Waals surface area contributed by atoms with E-state index in [9.17, 15) is 0 Å². The van der Waals surface area contributed by atoms with Gasteiger partial charge in [-0.05, 0) is 20.3 Å². The normalized spacial score (nSPS) is 12.6. The van der Waals surface area contributed by atoms with Crippen molar-refractivity contribution < 1.29 is 4.74 Å². The van der Waals surface area contributed by atoms with Gasteiger partial charge >= 0.3 is 0 Å². The SMILES string of the molecule is CCc1nc(CNC(=NC)NCC(C)(C)OC)cs1. The van der Waals surface area contributed by atoms with Crippen molar-refractivity contribution >= 4 is 17.3 Å². The number of rotatable bonds is 6. The fraction of sp³-hybridized carbons (Fsp3) is 0.692. The van der Waals surface area contributed by atoms with Gasteiger partial charge in [0, 0.05) is 26.1 Å². The number of nitrogens with zero attached hydrogens (tertiary/aromatic N) is 2. The lowest BCUT2D eigenvalue weighted by molar-refractivity contribution is 0.0268. The molecule has 0 amide bonds. The Kier molecular flexibility index (Phi) is 6.24. The van der Waals surface area contributed by atoms with Crippen molar-refractivity contribution in [3.05, 3.63) is 16.1 Å². The molecule has 5 nitrogen and oxygen atoms in total. The van der Waals surface area contributed by atoms with Crippen LogP contribution in [0.1, 0.15) is 31.5 Å². The molecular formula is C13H24N4OS. The van der Waals surface area contributed by atoms with Crippen LogP contribution in [0.25, 0.3) is 0 Å². The molecular weight excluding hydrogens is 260 g/mol. The molecule has 0 aliphatic rings. The average molecular weight is 284 g/mol. The Labute approximate surface area is 119 Å². The number of hydrogen-bond donors (Lipinski definition) is 2. The van der Waals surface area contributed by atoms with Crippen molar-refractivity contribution in [1.29, 1.82) is 0 Å². The molecule has 0 atom stereocenters. The summed E-state index contributed by atoms with van der Waals surface area (Å²) >= 11 is 1.70. The maximum Gasteiger partial charge on any atom is 0.191 e. The van der Waals surface area contributed by atoms with Crippen LogP contribution in [-0.2, 0) is 17.7 Å². The molecule has 0 aliphatic carbocycles. The molecule has 0 unspecified atom stereocenters. The minimum Gasteiger partial charge on any atom is -0.377 e. The maximum atomic E-state index is 5.36. The first-order chi connectivity index (χ1) is 9.00. The Morgan fingerprint density at radius 2 is 2.21 bits per heavy atom. The number of guanidine groups is 1. The van der Waals surface area contributed by atoms with Crippen LogP contribution in [0.3, 0.4) is 0 Å². The van der Waals surface area contributed by atoms with Crippen molar-refractivity contribution in [2.24, 2.45) is 4.99 Å². The number of thiazole rings is 1. The van der Waals surface area contributed by atoms with Gasteiger partial charge < -0.3 is 15.4 Å². The number of methoxy groups -OCH3 is 1. The summed E-state index contributed by atoms with van der Waals surface area (Å²) in [5, 5.41) is 9.74. The number of nitrogens with one attached hydrogen (secondary N) is 2. The summed E-state index contributed by atoms with van der Waals surface area (Å²) in [4.78, 5) is 8.69. The van der Waals surface area contributed by atoms with Crippen LogP contribution < -0.4 is 10.6 Å². The fourth-order valence-corrected chi connectivity index (χ4v) is 2.10. The minimum absolute atomic E-state index is 0.215. The van der Waals surface area contributed by atoms with Gasteiger partial charge in [0.2, 0.25) is 0 Å². The van der Waals surface area contributed by atoms with E-state index < -0.39 is 0 Å². The molecule has 2 N–H and O–H groups in total. The van der Waals surface area contributed by atoms with E-state index in [-0.39, 0.29) is 5.60 Å². The number of ether oxygens (including phenoxy) is 1. The zero-order valence-corrected chi connectivity index (χ0v) is 13.2. The van der Waals surface area contributed by atoms with E-state index in [4.69, 9.17) is 4.74 Å². The third-order valence-electron chi connectivity index (χ3n) is 2.80. The fourth-order valence-electron chi connectivity index (χ4n) is 1.36. The highest BCUT2D eigenvalue weighted by atomic mass is 32.1. The van der Waals surface area contributed by atoms with Crippen LogP contribution in [0, 0.1) is 0 Å². The van der Waals surface area contributed by atoms with E-state index in [1.54, 1.807) is 25.5 Å². The molecule has 1 aromatic rings. The standard InChI is InChI=1S/C13H24N4OS/c1-6-11-17-10(8-19-11)7-15-12(14-4)16-9-13(2,3)18-5/h8H,6-7,9H2,1-5H3,(H2,14,15,16). The van der Waals surface area contributed by atoms with Gasteiger partial charge in [-0.2, -0.15) is 0 Å². The Morgan fingerprint density at radius 1 is 1.47 bits per heavy atom. The predicted molar refractivity (Wildman–Crippen MR) is 80.8 cm³/mol. The van der Waals surface area contributed by atoms with Crippen molar-refractivity contribution in [3.8, 4) is 0 Å². The first-order valence-electron chi connectivity index (χ1n) is 6.43. The summed E-state index contributed by atoms with van der Waals surface area (Å²) < 4.78 is 5.36. The Morgan fingerprint density at radius 3 is 2.74 bits per heavy atom. The van der Waals surface area contributed by atoms with E-state index in [1.807, 2.05) is 13.8 Å². The van der Waals surface area contributed by atoms with Crippen LogP contribution in [0.2, 0.25) is 0 Å². The predicted octanol–water partition coefficient (Wildman–Crippen LogP) is 1.80. The van der Waals surface area contributed by atoms with E-state index in [2.05, 4.69) is 32.9 Å². The topological polar surface area (TPSA) is 58.5 Å². The molecule has 6 heteroatoms. The minimum atomic E-state index is -0.215. The largest absolute Gasteiger partial charge is 0.377 e. The van der Waals surface area contributed by atoms with Gasteiger partial charge in [-0.15, -0.1) is 11.3 Å². The summed E-state index contributed by atoms with van der Waals surface area (Å²) in [5.41, 5.74) is 0.837. The highest BCUT2D eigenvalue weighted by molar-refractivity contribution is 7.09. The number of hydrogen-bond acceptors (Lipinski definition) is 4. The van der Waals surface area contributed by atoms with Gasteiger partial charge in [0.1, 0.15) is 0 Å². The monoisotopic (exact) mass is 284 g/mol. The lowest BCUT2D eigenvalue weighted by atomic mass is 10.1. The van der Waals surface area contributed by atoms with Crippen LogP contribution in [0.5, 0.6) is 0 Å². The Balaban J connectivity index is 2.41. The highest BCUT2D eigenvalue weighted by Crippen LogP contribution is 2.09. The van der Waals surface area contributed by atoms with Crippen molar-refractivity contribution in [2.75, 3.05) is 20.7 Å². The number of aliphatic imine (C=N–C) groups is 1. The molecule has 0 saturated heterocycles. The molecule has 1 heterocycles. The van der Waals surface area contributed by atoms with Gasteiger partial charge in [-0.3, -0.25) is 4.99 Å². The van der Waals surface area contributed by atoms with Gasteiger partial charge in [0.25, 0.3) is 0 Å². The molecule has 1 aromatic heterocycles. The summed E-state index contributed by atoms with van der Waals surface area (Å²) in [6.07, 6.45) is 0.986. The van der Waals surface area contributed by atoms with Crippen LogP contribution in [0.4, 0.5) is 0 Å². The van der Waals surface area contributed by atoms with E-state index in [1.165, 1.54) is 5.01 Å². The van der Waals surface area contributed by atoms with E-state index in [0.29, 0.717) is 13.1 Å². The summed E-state index contributed by atoms with van der Waals surface area (Å²) in [6.45, 7) is 7.55.